The highest BCUT2D eigenvalue weighted by Gasteiger charge is 2.27. The molecule has 4 rings (SSSR count). The molecule has 0 saturated heterocycles. The minimum atomic E-state index is -3.85. The van der Waals surface area contributed by atoms with Crippen molar-refractivity contribution in [1.82, 2.24) is 19.3 Å². The molecule has 10 heteroatoms. The molecular formula is C21H17ClN4O4S. The number of aromatic nitrogens is 3. The molecule has 0 atom stereocenters. The van der Waals surface area contributed by atoms with E-state index in [0.717, 1.165) is 11.8 Å². The molecule has 0 aliphatic carbocycles. The molecule has 0 fully saturated rings. The first-order valence-corrected chi connectivity index (χ1v) is 11.4. The molecule has 2 N–H and O–H groups in total. The molecule has 158 valence electrons. The third kappa shape index (κ3) is 4.23. The fourth-order valence-electron chi connectivity index (χ4n) is 3.51. The topological polar surface area (TPSA) is 114 Å². The van der Waals surface area contributed by atoms with Gasteiger partial charge in [0.25, 0.3) is 11.5 Å². The predicted octanol–water partition coefficient (Wildman–Crippen LogP) is 2.78. The van der Waals surface area contributed by atoms with Gasteiger partial charge in [-0.3, -0.25) is 14.6 Å². The van der Waals surface area contributed by atoms with Gasteiger partial charge in [-0.2, -0.15) is 0 Å². The summed E-state index contributed by atoms with van der Waals surface area (Å²) in [6, 6.07) is 11.8. The molecule has 3 aromatic heterocycles. The molecule has 3 heterocycles. The second kappa shape index (κ2) is 8.01. The van der Waals surface area contributed by atoms with Crippen LogP contribution in [0.15, 0.2) is 65.8 Å². The van der Waals surface area contributed by atoms with E-state index < -0.39 is 21.5 Å². The normalized spacial score (nSPS) is 11.5. The average molecular weight is 457 g/mol. The lowest BCUT2D eigenvalue weighted by molar-refractivity contribution is 0.0974. The van der Waals surface area contributed by atoms with Crippen molar-refractivity contribution < 1.29 is 13.2 Å². The molecule has 31 heavy (non-hydrogen) atoms. The van der Waals surface area contributed by atoms with Crippen LogP contribution in [0.5, 0.6) is 0 Å². The SMILES string of the molecule is CS(=O)(=O)NC(=O)c1c(-c2ccc[nH]c2=O)c2cc(Cl)ccc2n1Cc1cccnc1. The summed E-state index contributed by atoms with van der Waals surface area (Å²) >= 11 is 6.22. The first-order chi connectivity index (χ1) is 14.7. The Kier molecular flexibility index (Phi) is 5.38. The predicted molar refractivity (Wildman–Crippen MR) is 119 cm³/mol. The van der Waals surface area contributed by atoms with Crippen molar-refractivity contribution in [3.05, 3.63) is 87.7 Å². The summed E-state index contributed by atoms with van der Waals surface area (Å²) in [6.07, 6.45) is 5.65. The van der Waals surface area contributed by atoms with E-state index in [2.05, 4.69) is 9.97 Å². The maximum Gasteiger partial charge on any atom is 0.282 e. The standard InChI is InChI=1S/C21H17ClN4O4S/c1-31(29,30)25-21(28)19-18(15-5-3-9-24-20(15)27)16-10-14(22)6-7-17(16)26(19)12-13-4-2-8-23-11-13/h2-11H,12H2,1H3,(H,24,27)(H,25,28). The Bertz CT molecular complexity index is 1460. The zero-order chi connectivity index (χ0) is 22.2. The van der Waals surface area contributed by atoms with Crippen LogP contribution in [0.1, 0.15) is 16.1 Å². The molecule has 0 spiro atoms. The van der Waals surface area contributed by atoms with Crippen molar-refractivity contribution >= 4 is 38.4 Å². The van der Waals surface area contributed by atoms with E-state index in [9.17, 15) is 18.0 Å². The first-order valence-electron chi connectivity index (χ1n) is 9.15. The number of fused-ring (bicyclic) bond motifs is 1. The summed E-state index contributed by atoms with van der Waals surface area (Å²) in [4.78, 5) is 32.5. The number of H-pyrrole nitrogens is 1. The zero-order valence-corrected chi connectivity index (χ0v) is 17.9. The summed E-state index contributed by atoms with van der Waals surface area (Å²) in [5, 5.41) is 0.960. The first kappa shape index (κ1) is 20.8. The van der Waals surface area contributed by atoms with Crippen molar-refractivity contribution in [3.8, 4) is 11.1 Å². The lowest BCUT2D eigenvalue weighted by atomic mass is 10.0. The Labute approximate surface area is 182 Å². The van der Waals surface area contributed by atoms with Crippen molar-refractivity contribution in [3.63, 3.8) is 0 Å². The molecule has 8 nitrogen and oxygen atoms in total. The molecule has 0 bridgehead atoms. The van der Waals surface area contributed by atoms with Crippen molar-refractivity contribution in [2.45, 2.75) is 6.54 Å². The van der Waals surface area contributed by atoms with Crippen LogP contribution in [0, 0.1) is 0 Å². The van der Waals surface area contributed by atoms with Gasteiger partial charge < -0.3 is 9.55 Å². The summed E-state index contributed by atoms with van der Waals surface area (Å²) in [5.41, 5.74) is 1.53. The Morgan fingerprint density at radius 3 is 2.71 bits per heavy atom. The molecule has 4 aromatic rings. The molecule has 0 radical (unpaired) electrons. The van der Waals surface area contributed by atoms with Crippen LogP contribution in [0.25, 0.3) is 22.0 Å². The number of carbonyl (C=O) groups is 1. The number of hydrogen-bond acceptors (Lipinski definition) is 5. The number of amides is 1. The van der Waals surface area contributed by atoms with Crippen LogP contribution in [-0.2, 0) is 16.6 Å². The summed E-state index contributed by atoms with van der Waals surface area (Å²) in [7, 11) is -3.85. The number of benzene rings is 1. The highest BCUT2D eigenvalue weighted by atomic mass is 35.5. The summed E-state index contributed by atoms with van der Waals surface area (Å²) in [5.74, 6) is -0.850. The second-order valence-corrected chi connectivity index (χ2v) is 9.13. The molecule has 0 aliphatic heterocycles. The van der Waals surface area contributed by atoms with Gasteiger partial charge >= 0.3 is 0 Å². The largest absolute Gasteiger partial charge is 0.331 e. The van der Waals surface area contributed by atoms with Gasteiger partial charge in [-0.25, -0.2) is 13.1 Å². The van der Waals surface area contributed by atoms with Crippen LogP contribution < -0.4 is 10.3 Å². The number of carbonyl (C=O) groups excluding carboxylic acids is 1. The Hall–Kier alpha value is -3.43. The molecule has 1 aromatic carbocycles. The third-order valence-corrected chi connectivity index (χ3v) is 5.46. The second-order valence-electron chi connectivity index (χ2n) is 6.95. The van der Waals surface area contributed by atoms with Crippen molar-refractivity contribution in [1.29, 1.82) is 0 Å². The summed E-state index contributed by atoms with van der Waals surface area (Å²) in [6.45, 7) is 0.225. The van der Waals surface area contributed by atoms with Crippen molar-refractivity contribution in [2.24, 2.45) is 0 Å². The average Bonchev–Trinajstić information content (AvgIpc) is 3.01. The highest BCUT2D eigenvalue weighted by Crippen LogP contribution is 2.35. The minimum Gasteiger partial charge on any atom is -0.331 e. The van der Waals surface area contributed by atoms with E-state index >= 15 is 0 Å². The van der Waals surface area contributed by atoms with E-state index in [1.807, 2.05) is 10.8 Å². The maximum atomic E-state index is 13.2. The van der Waals surface area contributed by atoms with E-state index in [-0.39, 0.29) is 17.8 Å². The Morgan fingerprint density at radius 2 is 2.03 bits per heavy atom. The number of hydrogen-bond donors (Lipinski definition) is 2. The van der Waals surface area contributed by atoms with Crippen LogP contribution in [-0.4, -0.2) is 35.1 Å². The van der Waals surface area contributed by atoms with E-state index in [0.29, 0.717) is 21.5 Å². The third-order valence-electron chi connectivity index (χ3n) is 4.67. The summed E-state index contributed by atoms with van der Waals surface area (Å²) < 4.78 is 27.3. The number of rotatable bonds is 5. The van der Waals surface area contributed by atoms with E-state index in [1.54, 1.807) is 53.4 Å². The maximum absolute atomic E-state index is 13.2. The number of sulfonamides is 1. The molecular weight excluding hydrogens is 440 g/mol. The molecule has 0 aliphatic rings. The van der Waals surface area contributed by atoms with Crippen LogP contribution in [0.2, 0.25) is 5.02 Å². The number of halogens is 1. The minimum absolute atomic E-state index is 0.0308. The lowest BCUT2D eigenvalue weighted by Crippen LogP contribution is -2.31. The highest BCUT2D eigenvalue weighted by molar-refractivity contribution is 7.89. The Morgan fingerprint density at radius 1 is 1.23 bits per heavy atom. The number of nitrogens with zero attached hydrogens (tertiary/aromatic N) is 2. The van der Waals surface area contributed by atoms with Gasteiger partial charge in [0.2, 0.25) is 10.0 Å². The number of pyridine rings is 2. The van der Waals surface area contributed by atoms with E-state index in [1.165, 1.54) is 6.20 Å². The van der Waals surface area contributed by atoms with Gasteiger partial charge in [-0.05, 0) is 42.0 Å². The van der Waals surface area contributed by atoms with Gasteiger partial charge in [0.15, 0.2) is 0 Å². The molecule has 0 saturated carbocycles. The zero-order valence-electron chi connectivity index (χ0n) is 16.3. The van der Waals surface area contributed by atoms with Gasteiger partial charge in [-0.1, -0.05) is 17.7 Å². The van der Waals surface area contributed by atoms with Crippen LogP contribution in [0.3, 0.4) is 0 Å². The fourth-order valence-corrected chi connectivity index (χ4v) is 4.11. The Balaban J connectivity index is 2.09. The number of nitrogens with one attached hydrogen (secondary N) is 2. The van der Waals surface area contributed by atoms with Gasteiger partial charge in [0.1, 0.15) is 5.69 Å². The monoisotopic (exact) mass is 456 g/mol. The quantitative estimate of drug-likeness (QED) is 0.479. The van der Waals surface area contributed by atoms with E-state index in [4.69, 9.17) is 11.6 Å². The molecule has 0 unspecified atom stereocenters. The van der Waals surface area contributed by atoms with Crippen LogP contribution in [0.4, 0.5) is 0 Å². The smallest absolute Gasteiger partial charge is 0.282 e. The van der Waals surface area contributed by atoms with Crippen molar-refractivity contribution in [2.75, 3.05) is 6.26 Å². The van der Waals surface area contributed by atoms with Gasteiger partial charge in [0, 0.05) is 52.2 Å². The fraction of sp³-hybridized carbons (Fsp3) is 0.0952. The van der Waals surface area contributed by atoms with Gasteiger partial charge in [0.05, 0.1) is 6.26 Å². The molecule has 1 amide bonds. The number of aromatic amines is 1. The van der Waals surface area contributed by atoms with Crippen LogP contribution >= 0.6 is 11.6 Å². The lowest BCUT2D eigenvalue weighted by Gasteiger charge is -2.12. The van der Waals surface area contributed by atoms with Gasteiger partial charge in [-0.15, -0.1) is 0 Å².